The van der Waals surface area contributed by atoms with E-state index in [9.17, 15) is 9.59 Å². The monoisotopic (exact) mass is 310 g/mol. The third-order valence-corrected chi connectivity index (χ3v) is 3.72. The van der Waals surface area contributed by atoms with Crippen molar-refractivity contribution < 1.29 is 14.7 Å². The molecule has 0 atom stereocenters. The van der Waals surface area contributed by atoms with Crippen molar-refractivity contribution in [1.82, 2.24) is 4.98 Å². The number of carbonyl (C=O) groups is 2. The molecule has 20 heavy (non-hydrogen) atoms. The summed E-state index contributed by atoms with van der Waals surface area (Å²) in [5, 5.41) is 11.5. The number of benzene rings is 1. The fourth-order valence-electron chi connectivity index (χ4n) is 1.62. The summed E-state index contributed by atoms with van der Waals surface area (Å²) in [6.45, 7) is 1.95. The maximum Gasteiger partial charge on any atom is 0.395 e. The molecule has 2 rings (SSSR count). The zero-order chi connectivity index (χ0) is 14.7. The SMILES string of the molecule is CCN(C(=O)C(=O)O)c1nc(-c2ccc(Cl)cc2)cs1. The third kappa shape index (κ3) is 2.97. The maximum atomic E-state index is 11.5. The van der Waals surface area contributed by atoms with Gasteiger partial charge in [-0.2, -0.15) is 0 Å². The van der Waals surface area contributed by atoms with Gasteiger partial charge in [0, 0.05) is 22.5 Å². The Bertz CT molecular complexity index is 639. The minimum absolute atomic E-state index is 0.249. The second-order valence-electron chi connectivity index (χ2n) is 3.88. The van der Waals surface area contributed by atoms with Crippen molar-refractivity contribution in [3.63, 3.8) is 0 Å². The number of carbonyl (C=O) groups excluding carboxylic acids is 1. The van der Waals surface area contributed by atoms with E-state index < -0.39 is 11.9 Å². The molecule has 0 unspecified atom stereocenters. The Kier molecular flexibility index (Phi) is 4.36. The van der Waals surface area contributed by atoms with E-state index in [2.05, 4.69) is 4.98 Å². The number of aromatic nitrogens is 1. The lowest BCUT2D eigenvalue weighted by atomic mass is 10.2. The minimum Gasteiger partial charge on any atom is -0.474 e. The summed E-state index contributed by atoms with van der Waals surface area (Å²) >= 11 is 7.04. The highest BCUT2D eigenvalue weighted by Crippen LogP contribution is 2.28. The second-order valence-corrected chi connectivity index (χ2v) is 5.15. The summed E-state index contributed by atoms with van der Waals surface area (Å²) in [5.74, 6) is -2.47. The molecule has 0 saturated carbocycles. The topological polar surface area (TPSA) is 70.5 Å². The van der Waals surface area contributed by atoms with Gasteiger partial charge in [0.25, 0.3) is 0 Å². The average Bonchev–Trinajstić information content (AvgIpc) is 2.89. The predicted molar refractivity (Wildman–Crippen MR) is 78.2 cm³/mol. The normalized spacial score (nSPS) is 10.3. The number of hydrogen-bond acceptors (Lipinski definition) is 4. The number of anilines is 1. The summed E-state index contributed by atoms with van der Waals surface area (Å²) in [7, 11) is 0. The first kappa shape index (κ1) is 14.5. The first-order valence-electron chi connectivity index (χ1n) is 5.79. The van der Waals surface area contributed by atoms with Gasteiger partial charge in [0.05, 0.1) is 5.69 Å². The van der Waals surface area contributed by atoms with Crippen LogP contribution < -0.4 is 4.90 Å². The lowest BCUT2D eigenvalue weighted by molar-refractivity contribution is -0.148. The van der Waals surface area contributed by atoms with Crippen LogP contribution in [0.3, 0.4) is 0 Å². The number of carboxylic acid groups (broad SMARTS) is 1. The first-order valence-corrected chi connectivity index (χ1v) is 7.05. The summed E-state index contributed by atoms with van der Waals surface area (Å²) < 4.78 is 0. The summed E-state index contributed by atoms with van der Waals surface area (Å²) in [4.78, 5) is 27.7. The Hall–Kier alpha value is -1.92. The maximum absolute atomic E-state index is 11.5. The lowest BCUT2D eigenvalue weighted by Gasteiger charge is -2.14. The highest BCUT2D eigenvalue weighted by atomic mass is 35.5. The van der Waals surface area contributed by atoms with Crippen molar-refractivity contribution in [2.45, 2.75) is 6.92 Å². The van der Waals surface area contributed by atoms with Gasteiger partial charge >= 0.3 is 11.9 Å². The van der Waals surface area contributed by atoms with Crippen LogP contribution in [-0.4, -0.2) is 28.5 Å². The van der Waals surface area contributed by atoms with Crippen LogP contribution in [0.1, 0.15) is 6.92 Å². The smallest absolute Gasteiger partial charge is 0.395 e. The van der Waals surface area contributed by atoms with E-state index >= 15 is 0 Å². The van der Waals surface area contributed by atoms with Crippen LogP contribution in [0.5, 0.6) is 0 Å². The van der Waals surface area contributed by atoms with Crippen molar-refractivity contribution in [2.75, 3.05) is 11.4 Å². The Balaban J connectivity index is 2.30. The van der Waals surface area contributed by atoms with Gasteiger partial charge in [-0.25, -0.2) is 9.78 Å². The van der Waals surface area contributed by atoms with Crippen LogP contribution in [-0.2, 0) is 9.59 Å². The molecule has 0 aliphatic heterocycles. The van der Waals surface area contributed by atoms with Gasteiger partial charge in [0.1, 0.15) is 0 Å². The van der Waals surface area contributed by atoms with E-state index in [0.717, 1.165) is 10.5 Å². The van der Waals surface area contributed by atoms with Crippen LogP contribution in [0.25, 0.3) is 11.3 Å². The third-order valence-electron chi connectivity index (χ3n) is 2.61. The van der Waals surface area contributed by atoms with E-state index in [4.69, 9.17) is 16.7 Å². The van der Waals surface area contributed by atoms with Crippen molar-refractivity contribution in [3.8, 4) is 11.3 Å². The van der Waals surface area contributed by atoms with Gasteiger partial charge < -0.3 is 5.11 Å². The van der Waals surface area contributed by atoms with Crippen molar-refractivity contribution in [3.05, 3.63) is 34.7 Å². The highest BCUT2D eigenvalue weighted by Gasteiger charge is 2.23. The molecule has 1 aromatic heterocycles. The number of carboxylic acids is 1. The molecule has 0 spiro atoms. The first-order chi connectivity index (χ1) is 9.52. The minimum atomic E-state index is -1.49. The quantitative estimate of drug-likeness (QED) is 0.885. The largest absolute Gasteiger partial charge is 0.474 e. The Morgan fingerprint density at radius 1 is 1.35 bits per heavy atom. The van der Waals surface area contributed by atoms with E-state index in [-0.39, 0.29) is 6.54 Å². The number of halogens is 1. The zero-order valence-electron chi connectivity index (χ0n) is 10.5. The van der Waals surface area contributed by atoms with Crippen molar-refractivity contribution >= 4 is 39.9 Å². The molecule has 0 aliphatic rings. The molecule has 1 amide bonds. The summed E-state index contributed by atoms with van der Waals surface area (Å²) in [6.07, 6.45) is 0. The molecule has 1 heterocycles. The van der Waals surface area contributed by atoms with Crippen LogP contribution in [0.4, 0.5) is 5.13 Å². The fourth-order valence-corrected chi connectivity index (χ4v) is 2.64. The van der Waals surface area contributed by atoms with Crippen molar-refractivity contribution in [2.24, 2.45) is 0 Å². The average molecular weight is 311 g/mol. The molecule has 0 bridgehead atoms. The number of amides is 1. The standard InChI is InChI=1S/C13H11ClN2O3S/c1-2-16(11(17)12(18)19)13-15-10(7-20-13)8-3-5-9(14)6-4-8/h3-7H,2H2,1H3,(H,18,19). The van der Waals surface area contributed by atoms with E-state index in [1.807, 2.05) is 12.1 Å². The number of nitrogens with zero attached hydrogens (tertiary/aromatic N) is 2. The fraction of sp³-hybridized carbons (Fsp3) is 0.154. The van der Waals surface area contributed by atoms with Gasteiger partial charge in [-0.3, -0.25) is 9.69 Å². The molecule has 7 heteroatoms. The van der Waals surface area contributed by atoms with Crippen LogP contribution in [0, 0.1) is 0 Å². The summed E-state index contributed by atoms with van der Waals surface area (Å²) in [5.41, 5.74) is 1.54. The lowest BCUT2D eigenvalue weighted by Crippen LogP contribution is -2.36. The molecule has 5 nitrogen and oxygen atoms in total. The number of thiazole rings is 1. The number of likely N-dealkylation sites (N-methyl/N-ethyl adjacent to an activating group) is 1. The number of aliphatic carboxylic acids is 1. The molecular weight excluding hydrogens is 300 g/mol. The zero-order valence-corrected chi connectivity index (χ0v) is 12.1. The molecule has 0 radical (unpaired) electrons. The molecule has 2 aromatic rings. The Morgan fingerprint density at radius 3 is 2.55 bits per heavy atom. The number of rotatable bonds is 3. The van der Waals surface area contributed by atoms with Crippen LogP contribution in [0.2, 0.25) is 5.02 Å². The van der Waals surface area contributed by atoms with Gasteiger partial charge in [-0.15, -0.1) is 11.3 Å². The molecule has 104 valence electrons. The highest BCUT2D eigenvalue weighted by molar-refractivity contribution is 7.14. The second kappa shape index (κ2) is 6.02. The summed E-state index contributed by atoms with van der Waals surface area (Å²) in [6, 6.07) is 7.12. The Labute approximate surface area is 124 Å². The molecule has 1 N–H and O–H groups in total. The van der Waals surface area contributed by atoms with Crippen molar-refractivity contribution in [1.29, 1.82) is 0 Å². The van der Waals surface area contributed by atoms with Gasteiger partial charge in [0.2, 0.25) is 0 Å². The Morgan fingerprint density at radius 2 is 2.00 bits per heavy atom. The molecule has 1 aromatic carbocycles. The van der Waals surface area contributed by atoms with Gasteiger partial charge in [-0.05, 0) is 19.1 Å². The van der Waals surface area contributed by atoms with Crippen LogP contribution in [0.15, 0.2) is 29.6 Å². The molecule has 0 saturated heterocycles. The van der Waals surface area contributed by atoms with Gasteiger partial charge in [-0.1, -0.05) is 23.7 Å². The van der Waals surface area contributed by atoms with E-state index in [0.29, 0.717) is 15.8 Å². The molecule has 0 aliphatic carbocycles. The van der Waals surface area contributed by atoms with Gasteiger partial charge in [0.15, 0.2) is 5.13 Å². The molecule has 0 fully saturated rings. The predicted octanol–water partition coefficient (Wildman–Crippen LogP) is 2.90. The van der Waals surface area contributed by atoms with E-state index in [1.54, 1.807) is 24.4 Å². The molecular formula is C13H11ClN2O3S. The number of hydrogen-bond donors (Lipinski definition) is 1. The van der Waals surface area contributed by atoms with E-state index in [1.165, 1.54) is 11.3 Å². The van der Waals surface area contributed by atoms with Crippen LogP contribution >= 0.6 is 22.9 Å².